The summed E-state index contributed by atoms with van der Waals surface area (Å²) in [7, 11) is 0. The number of aryl methyl sites for hydroxylation is 1. The van der Waals surface area contributed by atoms with Crippen molar-refractivity contribution >= 4 is 22.8 Å². The molecule has 0 unspecified atom stereocenters. The number of nitrogens with zero attached hydrogens (tertiary/aromatic N) is 2. The first-order chi connectivity index (χ1) is 13.5. The number of ketones is 1. The number of nitriles is 1. The fourth-order valence-corrected chi connectivity index (χ4v) is 3.34. The predicted octanol–water partition coefficient (Wildman–Crippen LogP) is 4.11. The fourth-order valence-electron chi connectivity index (χ4n) is 3.34. The van der Waals surface area contributed by atoms with Gasteiger partial charge < -0.3 is 19.5 Å². The van der Waals surface area contributed by atoms with Crippen molar-refractivity contribution in [3.63, 3.8) is 0 Å². The van der Waals surface area contributed by atoms with E-state index < -0.39 is 11.6 Å². The lowest BCUT2D eigenvalue weighted by atomic mass is 10.1. The van der Waals surface area contributed by atoms with E-state index in [2.05, 4.69) is 6.07 Å². The molecule has 2 heterocycles. The van der Waals surface area contributed by atoms with Gasteiger partial charge in [-0.15, -0.1) is 0 Å². The summed E-state index contributed by atoms with van der Waals surface area (Å²) in [6, 6.07) is 8.79. The number of allylic oxidation sites excluding steroid dienone is 1. The Morgan fingerprint density at radius 1 is 1.25 bits per heavy atom. The molecule has 0 saturated heterocycles. The number of carbonyl (C=O) groups excluding carboxylic acids is 1. The smallest absolute Gasteiger partial charge is 0.235 e. The molecule has 7 heteroatoms. The largest absolute Gasteiger partial charge is 0.508 e. The lowest BCUT2D eigenvalue weighted by Gasteiger charge is -2.02. The van der Waals surface area contributed by atoms with Gasteiger partial charge in [0.25, 0.3) is 0 Å². The summed E-state index contributed by atoms with van der Waals surface area (Å²) in [5.41, 5.74) is 1.33. The third-order valence-corrected chi connectivity index (χ3v) is 4.59. The second-order valence-corrected chi connectivity index (χ2v) is 6.48. The highest BCUT2D eigenvalue weighted by atomic mass is 19.1. The summed E-state index contributed by atoms with van der Waals surface area (Å²) in [6.45, 7) is 0.572. The first-order valence-corrected chi connectivity index (χ1v) is 8.63. The number of carbonyl (C=O) groups is 1. The standard InChI is InChI=1S/C21H15FN2O4/c22-13-3-4-16-15(8-13)12(11-24(16)6-2-1-5-23)7-19-21(27)20-17(26)9-14(25)10-18(20)28-19/h3-4,7-11,25-26H,1-2,6H2/b19-7+. The van der Waals surface area contributed by atoms with Crippen LogP contribution in [0.25, 0.3) is 17.0 Å². The van der Waals surface area contributed by atoms with Gasteiger partial charge in [0.2, 0.25) is 5.78 Å². The molecule has 0 aliphatic carbocycles. The Kier molecular flexibility index (Phi) is 4.24. The van der Waals surface area contributed by atoms with E-state index in [0.717, 1.165) is 11.6 Å². The van der Waals surface area contributed by atoms with Crippen molar-refractivity contribution in [3.05, 3.63) is 59.2 Å². The lowest BCUT2D eigenvalue weighted by molar-refractivity contribution is 0.101. The zero-order chi connectivity index (χ0) is 19.8. The van der Waals surface area contributed by atoms with Crippen LogP contribution in [0.2, 0.25) is 0 Å². The van der Waals surface area contributed by atoms with Gasteiger partial charge in [-0.1, -0.05) is 0 Å². The minimum atomic E-state index is -0.519. The average molecular weight is 378 g/mol. The number of aromatic hydroxyl groups is 2. The number of halogens is 1. The number of hydrogen-bond donors (Lipinski definition) is 2. The van der Waals surface area contributed by atoms with Crippen molar-refractivity contribution in [1.82, 2.24) is 4.57 Å². The maximum Gasteiger partial charge on any atom is 0.235 e. The number of hydrogen-bond acceptors (Lipinski definition) is 5. The Balaban J connectivity index is 1.78. The van der Waals surface area contributed by atoms with E-state index in [4.69, 9.17) is 10.00 Å². The van der Waals surface area contributed by atoms with Gasteiger partial charge in [-0.05, 0) is 30.7 Å². The highest BCUT2D eigenvalue weighted by Gasteiger charge is 2.31. The third-order valence-electron chi connectivity index (χ3n) is 4.59. The van der Waals surface area contributed by atoms with Gasteiger partial charge in [0, 0.05) is 47.8 Å². The van der Waals surface area contributed by atoms with E-state index in [0.29, 0.717) is 30.3 Å². The van der Waals surface area contributed by atoms with Crippen LogP contribution in [-0.4, -0.2) is 20.6 Å². The number of Topliss-reactive ketones (excluding diaryl/α,β-unsaturated/α-hetero) is 1. The van der Waals surface area contributed by atoms with Crippen molar-refractivity contribution in [2.24, 2.45) is 0 Å². The number of phenols is 2. The molecule has 4 rings (SSSR count). The van der Waals surface area contributed by atoms with E-state index in [1.807, 2.05) is 4.57 Å². The SMILES string of the molecule is N#CCCCn1cc(/C=C2/Oc3cc(O)cc(O)c3C2=O)c2cc(F)ccc21. The Morgan fingerprint density at radius 2 is 2.07 bits per heavy atom. The van der Waals surface area contributed by atoms with Crippen LogP contribution in [0.15, 0.2) is 42.3 Å². The molecular weight excluding hydrogens is 363 g/mol. The summed E-state index contributed by atoms with van der Waals surface area (Å²) in [5.74, 6) is -1.48. The average Bonchev–Trinajstić information content (AvgIpc) is 3.13. The molecule has 0 saturated carbocycles. The zero-order valence-corrected chi connectivity index (χ0v) is 14.6. The van der Waals surface area contributed by atoms with Gasteiger partial charge in [-0.2, -0.15) is 5.26 Å². The molecule has 0 fully saturated rings. The Morgan fingerprint density at radius 3 is 2.86 bits per heavy atom. The molecule has 0 spiro atoms. The summed E-state index contributed by atoms with van der Waals surface area (Å²) in [4.78, 5) is 12.6. The number of phenolic OH excluding ortho intramolecular Hbond substituents is 2. The van der Waals surface area contributed by atoms with Crippen LogP contribution >= 0.6 is 0 Å². The van der Waals surface area contributed by atoms with Crippen LogP contribution in [0.4, 0.5) is 4.39 Å². The summed E-state index contributed by atoms with van der Waals surface area (Å²) < 4.78 is 21.2. The van der Waals surface area contributed by atoms with Crippen LogP contribution < -0.4 is 4.74 Å². The van der Waals surface area contributed by atoms with E-state index in [9.17, 15) is 19.4 Å². The highest BCUT2D eigenvalue weighted by Crippen LogP contribution is 2.41. The zero-order valence-electron chi connectivity index (χ0n) is 14.6. The normalized spacial score (nSPS) is 14.3. The van der Waals surface area contributed by atoms with Gasteiger partial charge in [0.1, 0.15) is 28.6 Å². The molecule has 3 aromatic rings. The first-order valence-electron chi connectivity index (χ1n) is 8.63. The van der Waals surface area contributed by atoms with Gasteiger partial charge in [-0.3, -0.25) is 4.79 Å². The van der Waals surface area contributed by atoms with Crippen LogP contribution in [-0.2, 0) is 6.54 Å². The molecule has 2 aromatic carbocycles. The van der Waals surface area contributed by atoms with E-state index in [-0.39, 0.29) is 28.6 Å². The number of aromatic nitrogens is 1. The second kappa shape index (κ2) is 6.74. The molecule has 140 valence electrons. The number of fused-ring (bicyclic) bond motifs is 2. The molecule has 0 amide bonds. The number of rotatable bonds is 4. The molecule has 6 nitrogen and oxygen atoms in total. The number of benzene rings is 2. The van der Waals surface area contributed by atoms with E-state index >= 15 is 0 Å². The van der Waals surface area contributed by atoms with E-state index in [1.165, 1.54) is 24.3 Å². The van der Waals surface area contributed by atoms with Crippen molar-refractivity contribution in [2.75, 3.05) is 0 Å². The van der Waals surface area contributed by atoms with Crippen LogP contribution in [0.1, 0.15) is 28.8 Å². The van der Waals surface area contributed by atoms with Crippen molar-refractivity contribution in [3.8, 4) is 23.3 Å². The summed E-state index contributed by atoms with van der Waals surface area (Å²) in [6.07, 6.45) is 4.30. The van der Waals surface area contributed by atoms with Crippen LogP contribution in [0.3, 0.4) is 0 Å². The van der Waals surface area contributed by atoms with E-state index in [1.54, 1.807) is 12.3 Å². The van der Waals surface area contributed by atoms with Crippen molar-refractivity contribution < 1.29 is 24.1 Å². The molecule has 0 bridgehead atoms. The van der Waals surface area contributed by atoms with Crippen molar-refractivity contribution in [2.45, 2.75) is 19.4 Å². The molecule has 0 radical (unpaired) electrons. The summed E-state index contributed by atoms with van der Waals surface area (Å²) >= 11 is 0. The minimum absolute atomic E-state index is 0.0204. The lowest BCUT2D eigenvalue weighted by Crippen LogP contribution is -1.98. The highest BCUT2D eigenvalue weighted by molar-refractivity contribution is 6.16. The first kappa shape index (κ1) is 17.6. The Hall–Kier alpha value is -3.79. The topological polar surface area (TPSA) is 95.5 Å². The minimum Gasteiger partial charge on any atom is -0.508 e. The molecule has 1 aliphatic heterocycles. The monoisotopic (exact) mass is 378 g/mol. The quantitative estimate of drug-likeness (QED) is 0.526. The predicted molar refractivity (Wildman–Crippen MR) is 99.5 cm³/mol. The van der Waals surface area contributed by atoms with Crippen LogP contribution in [0, 0.1) is 17.1 Å². The molecule has 0 atom stereocenters. The molecule has 28 heavy (non-hydrogen) atoms. The Labute approximate surface area is 159 Å². The molecule has 2 N–H and O–H groups in total. The third kappa shape index (κ3) is 2.95. The maximum atomic E-state index is 13.8. The van der Waals surface area contributed by atoms with Gasteiger partial charge in [0.15, 0.2) is 5.76 Å². The second-order valence-electron chi connectivity index (χ2n) is 6.48. The molecular formula is C21H15FN2O4. The van der Waals surface area contributed by atoms with Gasteiger partial charge >= 0.3 is 0 Å². The molecule has 1 aliphatic rings. The van der Waals surface area contributed by atoms with Gasteiger partial charge in [0.05, 0.1) is 6.07 Å². The van der Waals surface area contributed by atoms with Gasteiger partial charge in [-0.25, -0.2) is 4.39 Å². The molecule has 1 aromatic heterocycles. The van der Waals surface area contributed by atoms with Crippen LogP contribution in [0.5, 0.6) is 17.2 Å². The van der Waals surface area contributed by atoms with Crippen molar-refractivity contribution in [1.29, 1.82) is 5.26 Å². The number of unbranched alkanes of at least 4 members (excludes halogenated alkanes) is 1. The fraction of sp³-hybridized carbons (Fsp3) is 0.143. The number of ether oxygens (including phenoxy) is 1. The summed E-state index contributed by atoms with van der Waals surface area (Å²) in [5, 5.41) is 28.8. The maximum absolute atomic E-state index is 13.8. The Bertz CT molecular complexity index is 1190.